The van der Waals surface area contributed by atoms with Crippen LogP contribution in [0.3, 0.4) is 0 Å². The van der Waals surface area contributed by atoms with Gasteiger partial charge in [-0.15, -0.1) is 0 Å². The zero-order valence-electron chi connectivity index (χ0n) is 12.8. The third kappa shape index (κ3) is 3.64. The first kappa shape index (κ1) is 16.0. The van der Waals surface area contributed by atoms with Gasteiger partial charge in [0.2, 0.25) is 0 Å². The first-order valence-corrected chi connectivity index (χ1v) is 9.19. The molecule has 1 aliphatic heterocycles. The van der Waals surface area contributed by atoms with Crippen LogP contribution in [0.1, 0.15) is 56.6 Å². The number of rotatable bonds is 5. The predicted octanol–water partition coefficient (Wildman–Crippen LogP) is 1.55. The van der Waals surface area contributed by atoms with Gasteiger partial charge >= 0.3 is 0 Å². The predicted molar refractivity (Wildman–Crippen MR) is 81.0 cm³/mol. The van der Waals surface area contributed by atoms with Crippen molar-refractivity contribution in [1.82, 2.24) is 15.1 Å². The van der Waals surface area contributed by atoms with Gasteiger partial charge in [0.05, 0.1) is 23.1 Å². The highest BCUT2D eigenvalue weighted by molar-refractivity contribution is 7.91. The molecule has 1 N–H and O–H groups in total. The van der Waals surface area contributed by atoms with Gasteiger partial charge in [-0.1, -0.05) is 13.8 Å². The molecule has 1 fully saturated rings. The lowest BCUT2D eigenvalue weighted by Gasteiger charge is -2.23. The summed E-state index contributed by atoms with van der Waals surface area (Å²) in [6.07, 6.45) is 4.17. The highest BCUT2D eigenvalue weighted by Crippen LogP contribution is 2.23. The highest BCUT2D eigenvalue weighted by atomic mass is 32.2. The molecule has 0 saturated carbocycles. The highest BCUT2D eigenvalue weighted by Gasteiger charge is 2.39. The van der Waals surface area contributed by atoms with Crippen LogP contribution in [0.5, 0.6) is 0 Å². The van der Waals surface area contributed by atoms with Crippen LogP contribution in [-0.2, 0) is 9.84 Å². The monoisotopic (exact) mass is 313 g/mol. The quantitative estimate of drug-likeness (QED) is 0.894. The number of nitrogens with zero attached hydrogens (tertiary/aromatic N) is 2. The summed E-state index contributed by atoms with van der Waals surface area (Å²) in [4.78, 5) is 12.2. The van der Waals surface area contributed by atoms with Crippen LogP contribution in [0.2, 0.25) is 0 Å². The summed E-state index contributed by atoms with van der Waals surface area (Å²) in [5.41, 5.74) is -0.346. The maximum atomic E-state index is 12.2. The fourth-order valence-corrected chi connectivity index (χ4v) is 4.87. The van der Waals surface area contributed by atoms with Crippen LogP contribution in [0.15, 0.2) is 12.3 Å². The average molecular weight is 313 g/mol. The van der Waals surface area contributed by atoms with Crippen LogP contribution in [0.25, 0.3) is 0 Å². The van der Waals surface area contributed by atoms with Crippen LogP contribution >= 0.6 is 0 Å². The molecular weight excluding hydrogens is 290 g/mol. The summed E-state index contributed by atoms with van der Waals surface area (Å²) in [5, 5.41) is 7.14. The van der Waals surface area contributed by atoms with E-state index in [1.54, 1.807) is 19.2 Å². The molecule has 0 bridgehead atoms. The molecule has 1 aliphatic rings. The van der Waals surface area contributed by atoms with Crippen molar-refractivity contribution in [3.05, 3.63) is 18.0 Å². The minimum atomic E-state index is -3.04. The number of hydrogen-bond donors (Lipinski definition) is 1. The minimum absolute atomic E-state index is 0.000998. The van der Waals surface area contributed by atoms with Crippen LogP contribution in [-0.4, -0.2) is 41.2 Å². The van der Waals surface area contributed by atoms with Gasteiger partial charge in [0.25, 0.3) is 5.91 Å². The second kappa shape index (κ2) is 5.79. The Bertz CT molecular complexity index is 619. The van der Waals surface area contributed by atoms with Gasteiger partial charge in [-0.25, -0.2) is 8.42 Å². The van der Waals surface area contributed by atoms with Gasteiger partial charge in [-0.3, -0.25) is 9.48 Å². The molecule has 1 aromatic rings. The molecular formula is C14H23N3O3S. The second-order valence-electron chi connectivity index (χ2n) is 6.01. The third-order valence-corrected chi connectivity index (χ3v) is 5.98. The Morgan fingerprint density at radius 3 is 2.67 bits per heavy atom. The van der Waals surface area contributed by atoms with Gasteiger partial charge in [0, 0.05) is 6.20 Å². The molecule has 2 rings (SSSR count). The first-order chi connectivity index (χ1) is 9.78. The van der Waals surface area contributed by atoms with Gasteiger partial charge in [-0.2, -0.15) is 5.10 Å². The van der Waals surface area contributed by atoms with Crippen molar-refractivity contribution < 1.29 is 13.2 Å². The number of sulfone groups is 1. The maximum absolute atomic E-state index is 12.2. The molecule has 0 spiro atoms. The Labute approximate surface area is 125 Å². The Morgan fingerprint density at radius 1 is 1.48 bits per heavy atom. The fourth-order valence-electron chi connectivity index (χ4n) is 2.77. The second-order valence-corrected chi connectivity index (χ2v) is 8.19. The van der Waals surface area contributed by atoms with Crippen LogP contribution in [0.4, 0.5) is 0 Å². The van der Waals surface area contributed by atoms with Crippen molar-refractivity contribution in [2.45, 2.75) is 51.6 Å². The van der Waals surface area contributed by atoms with Gasteiger partial charge in [-0.05, 0) is 32.3 Å². The van der Waals surface area contributed by atoms with E-state index < -0.39 is 15.4 Å². The Morgan fingerprint density at radius 2 is 2.14 bits per heavy atom. The number of hydrogen-bond acceptors (Lipinski definition) is 4. The lowest BCUT2D eigenvalue weighted by molar-refractivity contribution is 0.0909. The fraction of sp³-hybridized carbons (Fsp3) is 0.714. The van der Waals surface area contributed by atoms with Gasteiger partial charge < -0.3 is 5.32 Å². The number of carbonyl (C=O) groups is 1. The van der Waals surface area contributed by atoms with Crippen molar-refractivity contribution in [3.63, 3.8) is 0 Å². The largest absolute Gasteiger partial charge is 0.344 e. The van der Waals surface area contributed by atoms with Crippen molar-refractivity contribution in [3.8, 4) is 0 Å². The number of nitrogens with one attached hydrogen (secondary N) is 1. The van der Waals surface area contributed by atoms with E-state index in [0.717, 1.165) is 12.8 Å². The zero-order chi connectivity index (χ0) is 15.7. The molecule has 21 heavy (non-hydrogen) atoms. The molecule has 1 saturated heterocycles. The molecule has 1 amide bonds. The van der Waals surface area contributed by atoms with Crippen molar-refractivity contribution in [1.29, 1.82) is 0 Å². The summed E-state index contributed by atoms with van der Waals surface area (Å²) < 4.78 is 24.9. The van der Waals surface area contributed by atoms with E-state index in [2.05, 4.69) is 24.3 Å². The maximum Gasteiger partial charge on any atom is 0.272 e. The summed E-state index contributed by atoms with van der Waals surface area (Å²) in [6, 6.07) is 1.97. The minimum Gasteiger partial charge on any atom is -0.344 e. The van der Waals surface area contributed by atoms with E-state index in [1.165, 1.54) is 0 Å². The van der Waals surface area contributed by atoms with Crippen molar-refractivity contribution >= 4 is 15.7 Å². The zero-order valence-corrected chi connectivity index (χ0v) is 13.6. The lowest BCUT2D eigenvalue weighted by atomic mass is 10.0. The van der Waals surface area contributed by atoms with Crippen molar-refractivity contribution in [2.75, 3.05) is 11.5 Å². The average Bonchev–Trinajstić information content (AvgIpc) is 2.96. The molecule has 6 nitrogen and oxygen atoms in total. The Hall–Kier alpha value is -1.37. The number of aromatic nitrogens is 2. The summed E-state index contributed by atoms with van der Waals surface area (Å²) in [6.45, 7) is 5.94. The molecule has 0 radical (unpaired) electrons. The van der Waals surface area contributed by atoms with E-state index in [9.17, 15) is 13.2 Å². The van der Waals surface area contributed by atoms with E-state index in [-0.39, 0.29) is 23.5 Å². The number of amides is 1. The van der Waals surface area contributed by atoms with E-state index in [0.29, 0.717) is 12.1 Å². The van der Waals surface area contributed by atoms with Crippen LogP contribution in [0, 0.1) is 0 Å². The summed E-state index contributed by atoms with van der Waals surface area (Å²) >= 11 is 0. The molecule has 2 heterocycles. The van der Waals surface area contributed by atoms with Crippen LogP contribution < -0.4 is 5.32 Å². The normalized spacial score (nSPS) is 24.4. The topological polar surface area (TPSA) is 81.1 Å². The Balaban J connectivity index is 2.08. The molecule has 1 aromatic heterocycles. The molecule has 118 valence electrons. The summed E-state index contributed by atoms with van der Waals surface area (Å²) in [5.74, 6) is -0.176. The van der Waals surface area contributed by atoms with E-state index in [1.807, 2.05) is 4.68 Å². The van der Waals surface area contributed by atoms with Crippen molar-refractivity contribution in [2.24, 2.45) is 0 Å². The van der Waals surface area contributed by atoms with Gasteiger partial charge in [0.15, 0.2) is 9.84 Å². The van der Waals surface area contributed by atoms with Gasteiger partial charge in [0.1, 0.15) is 5.69 Å². The Kier molecular flexibility index (Phi) is 4.41. The molecule has 1 atom stereocenters. The SMILES string of the molecule is CCC(CC)n1ccc(C(=O)N[C@]2(C)CCS(=O)(=O)C2)n1. The molecule has 7 heteroatoms. The van der Waals surface area contributed by atoms with E-state index in [4.69, 9.17) is 0 Å². The van der Waals surface area contributed by atoms with E-state index >= 15 is 0 Å². The molecule has 0 aromatic carbocycles. The standard InChI is InChI=1S/C14H23N3O3S/c1-4-11(5-2)17-8-6-12(16-17)13(18)15-14(3)7-9-21(19,20)10-14/h6,8,11H,4-5,7,9-10H2,1-3H3,(H,15,18)/t14-/m1/s1. The molecule has 0 unspecified atom stereocenters. The molecule has 0 aliphatic carbocycles. The number of carbonyl (C=O) groups excluding carboxylic acids is 1. The smallest absolute Gasteiger partial charge is 0.272 e. The summed E-state index contributed by atoms with van der Waals surface area (Å²) in [7, 11) is -3.04. The third-order valence-electron chi connectivity index (χ3n) is 4.08. The first-order valence-electron chi connectivity index (χ1n) is 7.36. The lowest BCUT2D eigenvalue weighted by Crippen LogP contribution is -2.47.